The molecule has 0 saturated heterocycles. The minimum atomic E-state index is -0.588. The Hall–Kier alpha value is -2.08. The van der Waals surface area contributed by atoms with Crippen molar-refractivity contribution in [1.29, 1.82) is 0 Å². The van der Waals surface area contributed by atoms with Gasteiger partial charge in [-0.1, -0.05) is 24.3 Å². The number of nitrogens with one attached hydrogen (secondary N) is 3. The first-order chi connectivity index (χ1) is 9.18. The zero-order chi connectivity index (χ0) is 13.7. The molecule has 0 radical (unpaired) electrons. The van der Waals surface area contributed by atoms with Crippen LogP contribution in [-0.2, 0) is 11.2 Å². The molecule has 19 heavy (non-hydrogen) atoms. The molecule has 1 aliphatic rings. The van der Waals surface area contributed by atoms with Crippen LogP contribution in [0.1, 0.15) is 17.2 Å². The number of urea groups is 1. The van der Waals surface area contributed by atoms with Crippen LogP contribution in [0.15, 0.2) is 24.3 Å². The minimum absolute atomic E-state index is 0.0848. The molecule has 0 aromatic heterocycles. The van der Waals surface area contributed by atoms with E-state index >= 15 is 0 Å². The predicted molar refractivity (Wildman–Crippen MR) is 71.5 cm³/mol. The Bertz CT molecular complexity index is 475. The van der Waals surface area contributed by atoms with E-state index in [1.165, 1.54) is 5.56 Å². The standard InChI is InChI=1S/C13H18N4O2/c14-13(19)17-8-7-16-12(18)11-10-4-2-1-3-9(10)5-6-15-11/h1-4,11,15H,5-8H2,(H,16,18)(H3,14,17,19). The van der Waals surface area contributed by atoms with E-state index in [0.29, 0.717) is 13.1 Å². The molecule has 0 saturated carbocycles. The monoisotopic (exact) mass is 262 g/mol. The van der Waals surface area contributed by atoms with Gasteiger partial charge in [0.2, 0.25) is 5.91 Å². The quantitative estimate of drug-likeness (QED) is 0.559. The summed E-state index contributed by atoms with van der Waals surface area (Å²) in [6.45, 7) is 1.48. The molecule has 102 valence electrons. The molecule has 1 aromatic carbocycles. The average Bonchev–Trinajstić information content (AvgIpc) is 2.42. The molecular formula is C13H18N4O2. The van der Waals surface area contributed by atoms with E-state index in [1.54, 1.807) is 0 Å². The van der Waals surface area contributed by atoms with E-state index in [4.69, 9.17) is 5.73 Å². The van der Waals surface area contributed by atoms with Gasteiger partial charge in [-0.15, -0.1) is 0 Å². The van der Waals surface area contributed by atoms with E-state index in [-0.39, 0.29) is 11.9 Å². The van der Waals surface area contributed by atoms with Crippen molar-refractivity contribution in [2.75, 3.05) is 19.6 Å². The lowest BCUT2D eigenvalue weighted by Crippen LogP contribution is -2.44. The van der Waals surface area contributed by atoms with E-state index in [1.807, 2.05) is 24.3 Å². The van der Waals surface area contributed by atoms with Gasteiger partial charge in [-0.2, -0.15) is 0 Å². The summed E-state index contributed by atoms with van der Waals surface area (Å²) in [7, 11) is 0. The molecule has 0 spiro atoms. The smallest absolute Gasteiger partial charge is 0.312 e. The van der Waals surface area contributed by atoms with Crippen molar-refractivity contribution in [2.24, 2.45) is 5.73 Å². The number of primary amides is 1. The summed E-state index contributed by atoms with van der Waals surface area (Å²) in [5.41, 5.74) is 7.17. The fraction of sp³-hybridized carbons (Fsp3) is 0.385. The fourth-order valence-corrected chi connectivity index (χ4v) is 2.21. The number of hydrogen-bond acceptors (Lipinski definition) is 3. The first-order valence-corrected chi connectivity index (χ1v) is 6.30. The Morgan fingerprint density at radius 3 is 2.79 bits per heavy atom. The van der Waals surface area contributed by atoms with E-state index in [9.17, 15) is 9.59 Å². The summed E-state index contributed by atoms with van der Waals surface area (Å²) in [6.07, 6.45) is 0.934. The Balaban J connectivity index is 1.92. The van der Waals surface area contributed by atoms with Crippen molar-refractivity contribution >= 4 is 11.9 Å². The maximum absolute atomic E-state index is 12.1. The molecule has 1 aromatic rings. The topological polar surface area (TPSA) is 96.2 Å². The normalized spacial score (nSPS) is 17.4. The van der Waals surface area contributed by atoms with Crippen molar-refractivity contribution < 1.29 is 9.59 Å². The molecule has 1 unspecified atom stereocenters. The second-order valence-electron chi connectivity index (χ2n) is 4.42. The van der Waals surface area contributed by atoms with Crippen LogP contribution in [0.4, 0.5) is 4.79 Å². The molecule has 0 fully saturated rings. The largest absolute Gasteiger partial charge is 0.353 e. The van der Waals surface area contributed by atoms with Gasteiger partial charge in [-0.3, -0.25) is 4.79 Å². The summed E-state index contributed by atoms with van der Waals surface area (Å²) in [6, 6.07) is 7.02. The number of carbonyl (C=O) groups excluding carboxylic acids is 2. The van der Waals surface area contributed by atoms with Gasteiger partial charge in [0.25, 0.3) is 0 Å². The Labute approximate surface area is 111 Å². The van der Waals surface area contributed by atoms with Gasteiger partial charge in [0.1, 0.15) is 6.04 Å². The lowest BCUT2D eigenvalue weighted by molar-refractivity contribution is -0.123. The molecular weight excluding hydrogens is 244 g/mol. The minimum Gasteiger partial charge on any atom is -0.353 e. The summed E-state index contributed by atoms with van der Waals surface area (Å²) in [5, 5.41) is 8.40. The van der Waals surface area contributed by atoms with Crippen molar-refractivity contribution in [3.05, 3.63) is 35.4 Å². The lowest BCUT2D eigenvalue weighted by atomic mass is 9.94. The highest BCUT2D eigenvalue weighted by molar-refractivity contribution is 5.84. The van der Waals surface area contributed by atoms with Gasteiger partial charge in [0.15, 0.2) is 0 Å². The van der Waals surface area contributed by atoms with Crippen LogP contribution in [0.5, 0.6) is 0 Å². The number of hydrogen-bond donors (Lipinski definition) is 4. The summed E-state index contributed by atoms with van der Waals surface area (Å²) < 4.78 is 0. The maximum atomic E-state index is 12.1. The van der Waals surface area contributed by atoms with Crippen LogP contribution in [0.2, 0.25) is 0 Å². The van der Waals surface area contributed by atoms with Crippen LogP contribution >= 0.6 is 0 Å². The summed E-state index contributed by atoms with van der Waals surface area (Å²) in [4.78, 5) is 22.6. The SMILES string of the molecule is NC(=O)NCCNC(=O)C1NCCc2ccccc21. The third-order valence-corrected chi connectivity index (χ3v) is 3.09. The summed E-state index contributed by atoms with van der Waals surface area (Å²) in [5.74, 6) is -0.0848. The van der Waals surface area contributed by atoms with Crippen LogP contribution in [-0.4, -0.2) is 31.6 Å². The van der Waals surface area contributed by atoms with Gasteiger partial charge < -0.3 is 21.7 Å². The lowest BCUT2D eigenvalue weighted by Gasteiger charge is -2.26. The van der Waals surface area contributed by atoms with Crippen molar-refractivity contribution in [2.45, 2.75) is 12.5 Å². The maximum Gasteiger partial charge on any atom is 0.312 e. The van der Waals surface area contributed by atoms with Crippen molar-refractivity contribution in [1.82, 2.24) is 16.0 Å². The molecule has 2 rings (SSSR count). The highest BCUT2D eigenvalue weighted by Crippen LogP contribution is 2.22. The number of rotatable bonds is 4. The van der Waals surface area contributed by atoms with E-state index in [0.717, 1.165) is 18.5 Å². The molecule has 3 amide bonds. The Morgan fingerprint density at radius 2 is 2.00 bits per heavy atom. The van der Waals surface area contributed by atoms with Gasteiger partial charge in [0, 0.05) is 19.6 Å². The molecule has 1 atom stereocenters. The average molecular weight is 262 g/mol. The molecule has 6 nitrogen and oxygen atoms in total. The first-order valence-electron chi connectivity index (χ1n) is 6.30. The Kier molecular flexibility index (Phi) is 4.35. The number of amides is 3. The number of fused-ring (bicyclic) bond motifs is 1. The molecule has 1 heterocycles. The zero-order valence-corrected chi connectivity index (χ0v) is 10.6. The molecule has 0 bridgehead atoms. The van der Waals surface area contributed by atoms with Crippen LogP contribution < -0.4 is 21.7 Å². The second-order valence-corrected chi connectivity index (χ2v) is 4.42. The fourth-order valence-electron chi connectivity index (χ4n) is 2.21. The molecule has 0 aliphatic carbocycles. The van der Waals surface area contributed by atoms with Crippen LogP contribution in [0.25, 0.3) is 0 Å². The van der Waals surface area contributed by atoms with Gasteiger partial charge in [-0.05, 0) is 17.5 Å². The van der Waals surface area contributed by atoms with E-state index < -0.39 is 6.03 Å². The molecule has 6 heteroatoms. The van der Waals surface area contributed by atoms with Crippen LogP contribution in [0, 0.1) is 0 Å². The predicted octanol–water partition coefficient (Wildman–Crippen LogP) is -0.342. The third kappa shape index (κ3) is 3.45. The number of nitrogens with two attached hydrogens (primary N) is 1. The second kappa shape index (κ2) is 6.19. The van der Waals surface area contributed by atoms with Crippen molar-refractivity contribution in [3.8, 4) is 0 Å². The molecule has 5 N–H and O–H groups in total. The van der Waals surface area contributed by atoms with Gasteiger partial charge in [-0.25, -0.2) is 4.79 Å². The highest BCUT2D eigenvalue weighted by Gasteiger charge is 2.25. The molecule has 1 aliphatic heterocycles. The van der Waals surface area contributed by atoms with Crippen LogP contribution in [0.3, 0.4) is 0 Å². The van der Waals surface area contributed by atoms with Gasteiger partial charge in [0.05, 0.1) is 0 Å². The number of carbonyl (C=O) groups is 2. The highest BCUT2D eigenvalue weighted by atomic mass is 16.2. The first kappa shape index (κ1) is 13.4. The van der Waals surface area contributed by atoms with Crippen molar-refractivity contribution in [3.63, 3.8) is 0 Å². The van der Waals surface area contributed by atoms with E-state index in [2.05, 4.69) is 16.0 Å². The summed E-state index contributed by atoms with van der Waals surface area (Å²) >= 11 is 0. The third-order valence-electron chi connectivity index (χ3n) is 3.09. The Morgan fingerprint density at radius 1 is 1.26 bits per heavy atom. The van der Waals surface area contributed by atoms with Gasteiger partial charge >= 0.3 is 6.03 Å². The number of benzene rings is 1. The zero-order valence-electron chi connectivity index (χ0n) is 10.6.